The highest BCUT2D eigenvalue weighted by molar-refractivity contribution is 6.14. The van der Waals surface area contributed by atoms with E-state index < -0.39 is 5.41 Å². The third kappa shape index (κ3) is 3.95. The lowest BCUT2D eigenvalue weighted by atomic mass is 9.63. The zero-order chi connectivity index (χ0) is 34.4. The van der Waals surface area contributed by atoms with Crippen LogP contribution in [0.4, 0.5) is 11.4 Å². The molecule has 0 radical (unpaired) electrons. The summed E-state index contributed by atoms with van der Waals surface area (Å²) in [6.45, 7) is 2.23. The summed E-state index contributed by atoms with van der Waals surface area (Å²) in [6.07, 6.45) is 16.7. The van der Waals surface area contributed by atoms with Gasteiger partial charge in [0.05, 0.1) is 11.1 Å². The van der Waals surface area contributed by atoms with Gasteiger partial charge < -0.3 is 9.32 Å². The van der Waals surface area contributed by atoms with Crippen molar-refractivity contribution in [2.24, 2.45) is 5.41 Å². The summed E-state index contributed by atoms with van der Waals surface area (Å²) in [4.78, 5) is 2.54. The summed E-state index contributed by atoms with van der Waals surface area (Å²) in [5.41, 5.74) is 18.5. The predicted octanol–water partition coefficient (Wildman–Crippen LogP) is 13.1. The average molecular weight is 664 g/mol. The molecule has 2 heteroatoms. The van der Waals surface area contributed by atoms with Gasteiger partial charge in [-0.2, -0.15) is 0 Å². The van der Waals surface area contributed by atoms with E-state index in [1.807, 2.05) is 6.07 Å². The normalized spacial score (nSPS) is 17.9. The number of anilines is 2. The summed E-state index contributed by atoms with van der Waals surface area (Å²) in [5.74, 6) is 0. The fraction of sp³-hybridized carbons (Fsp3) is 0.0400. The first-order valence-electron chi connectivity index (χ1n) is 18.0. The number of nitrogens with zero attached hydrogens (tertiary/aromatic N) is 1. The standard InChI is InChI=1S/C50H33NO/c1-32-14-2-9-23-44(32)51(45-24-10-7-19-39(45)40-21-12-26-47-49(40)41-20-8-11-25-46(41)52-47)48-28-27-38-36-18-6-4-16-34(36)31-43(38)50(48)29-13-22-37-35-17-5-3-15-33(35)30-42(37)50/h2-31H,1H3. The first-order chi connectivity index (χ1) is 25.7. The van der Waals surface area contributed by atoms with Crippen LogP contribution in [0.1, 0.15) is 27.8 Å². The van der Waals surface area contributed by atoms with Crippen LogP contribution in [0.5, 0.6) is 0 Å². The second-order valence-electron chi connectivity index (χ2n) is 14.1. The molecule has 2 nitrogen and oxygen atoms in total. The van der Waals surface area contributed by atoms with Crippen molar-refractivity contribution in [2.45, 2.75) is 6.92 Å². The number of furan rings is 1. The van der Waals surface area contributed by atoms with Gasteiger partial charge in [0, 0.05) is 27.7 Å². The molecule has 1 aromatic heterocycles. The van der Waals surface area contributed by atoms with E-state index in [-0.39, 0.29) is 0 Å². The number of fused-ring (bicyclic) bond motifs is 11. The highest BCUT2D eigenvalue weighted by atomic mass is 16.3. The summed E-state index contributed by atoms with van der Waals surface area (Å²) in [7, 11) is 0. The highest BCUT2D eigenvalue weighted by Gasteiger charge is 2.50. The molecule has 1 heterocycles. The molecule has 0 N–H and O–H groups in total. The van der Waals surface area contributed by atoms with E-state index in [1.54, 1.807) is 0 Å². The first-order valence-corrected chi connectivity index (χ1v) is 18.0. The molecule has 0 fully saturated rings. The Balaban J connectivity index is 1.22. The molecule has 6 aromatic carbocycles. The number of hydrogen-bond acceptors (Lipinski definition) is 2. The van der Waals surface area contributed by atoms with Gasteiger partial charge in [-0.25, -0.2) is 0 Å². The smallest absolute Gasteiger partial charge is 0.136 e. The lowest BCUT2D eigenvalue weighted by molar-refractivity contribution is 0.669. The molecule has 4 aliphatic carbocycles. The number of aryl methyl sites for hydroxylation is 1. The Bertz CT molecular complexity index is 2840. The Morgan fingerprint density at radius 1 is 0.500 bits per heavy atom. The highest BCUT2D eigenvalue weighted by Crippen LogP contribution is 2.63. The number of rotatable bonds is 4. The van der Waals surface area contributed by atoms with Crippen LogP contribution in [-0.4, -0.2) is 0 Å². The monoisotopic (exact) mass is 663 g/mol. The van der Waals surface area contributed by atoms with Crippen LogP contribution in [0.2, 0.25) is 0 Å². The summed E-state index contributed by atoms with van der Waals surface area (Å²) in [6, 6.07) is 50.2. The third-order valence-electron chi connectivity index (χ3n) is 11.4. The van der Waals surface area contributed by atoms with Gasteiger partial charge in [0.2, 0.25) is 0 Å². The molecule has 0 saturated carbocycles. The molecular weight excluding hydrogens is 631 g/mol. The van der Waals surface area contributed by atoms with Gasteiger partial charge in [0.1, 0.15) is 11.2 Å². The van der Waals surface area contributed by atoms with Gasteiger partial charge in [-0.3, -0.25) is 0 Å². The Hall–Kier alpha value is -6.64. The van der Waals surface area contributed by atoms with Crippen LogP contribution in [0, 0.1) is 12.3 Å². The van der Waals surface area contributed by atoms with Crippen molar-refractivity contribution in [1.29, 1.82) is 0 Å². The number of hydrogen-bond donors (Lipinski definition) is 0. The Morgan fingerprint density at radius 3 is 1.87 bits per heavy atom. The minimum Gasteiger partial charge on any atom is -0.456 e. The second-order valence-corrected chi connectivity index (χ2v) is 14.1. The predicted molar refractivity (Wildman–Crippen MR) is 217 cm³/mol. The molecule has 1 spiro atoms. The van der Waals surface area contributed by atoms with Gasteiger partial charge in [-0.05, 0) is 105 Å². The van der Waals surface area contributed by atoms with Crippen molar-refractivity contribution in [3.8, 4) is 11.1 Å². The molecule has 0 amide bonds. The Kier molecular flexibility index (Phi) is 6.12. The van der Waals surface area contributed by atoms with Crippen molar-refractivity contribution >= 4 is 56.6 Å². The second kappa shape index (κ2) is 10.9. The number of allylic oxidation sites excluding steroid dienone is 7. The lowest BCUT2D eigenvalue weighted by Crippen LogP contribution is -2.37. The van der Waals surface area contributed by atoms with Crippen molar-refractivity contribution in [2.75, 3.05) is 4.90 Å². The topological polar surface area (TPSA) is 16.4 Å². The molecule has 1 atom stereocenters. The van der Waals surface area contributed by atoms with Gasteiger partial charge in [-0.15, -0.1) is 0 Å². The van der Waals surface area contributed by atoms with Gasteiger partial charge in [-0.1, -0.05) is 140 Å². The van der Waals surface area contributed by atoms with E-state index in [9.17, 15) is 0 Å². The number of benzene rings is 6. The zero-order valence-corrected chi connectivity index (χ0v) is 28.7. The SMILES string of the molecule is Cc1ccccc1N(C1=CC=C2C(=Cc3ccccc32)C12C=CC=C1C2=Cc2ccccc21)c1ccccc1-c1cccc2oc3ccccc3c12. The minimum atomic E-state index is -0.573. The fourth-order valence-electron chi connectivity index (χ4n) is 9.12. The minimum absolute atomic E-state index is 0.573. The molecule has 7 aromatic rings. The molecule has 52 heavy (non-hydrogen) atoms. The van der Waals surface area contributed by atoms with Crippen LogP contribution in [-0.2, 0) is 0 Å². The summed E-state index contributed by atoms with van der Waals surface area (Å²) in [5, 5.41) is 2.26. The third-order valence-corrected chi connectivity index (χ3v) is 11.4. The van der Waals surface area contributed by atoms with Crippen LogP contribution in [0.25, 0.3) is 56.4 Å². The molecule has 11 rings (SSSR count). The summed E-state index contributed by atoms with van der Waals surface area (Å²) >= 11 is 0. The van der Waals surface area contributed by atoms with E-state index in [2.05, 4.69) is 188 Å². The van der Waals surface area contributed by atoms with Crippen LogP contribution in [0.3, 0.4) is 0 Å². The lowest BCUT2D eigenvalue weighted by Gasteiger charge is -2.46. The molecular formula is C50H33NO. The van der Waals surface area contributed by atoms with E-state index in [0.29, 0.717) is 0 Å². The quantitative estimate of drug-likeness (QED) is 0.186. The average Bonchev–Trinajstić information content (AvgIpc) is 3.89. The maximum Gasteiger partial charge on any atom is 0.136 e. The van der Waals surface area contributed by atoms with Crippen LogP contribution in [0.15, 0.2) is 191 Å². The van der Waals surface area contributed by atoms with Crippen molar-refractivity contribution in [1.82, 2.24) is 0 Å². The van der Waals surface area contributed by atoms with Gasteiger partial charge in [0.15, 0.2) is 0 Å². The molecule has 0 bridgehead atoms. The largest absolute Gasteiger partial charge is 0.456 e. The first kappa shape index (κ1) is 29.1. The Morgan fingerprint density at radius 2 is 1.10 bits per heavy atom. The maximum atomic E-state index is 6.42. The van der Waals surface area contributed by atoms with Crippen molar-refractivity contribution < 1.29 is 4.42 Å². The van der Waals surface area contributed by atoms with E-state index in [1.165, 1.54) is 55.8 Å². The molecule has 1 unspecified atom stereocenters. The van der Waals surface area contributed by atoms with E-state index in [4.69, 9.17) is 4.42 Å². The number of para-hydroxylation sites is 3. The molecule has 244 valence electrons. The maximum absolute atomic E-state index is 6.42. The fourth-order valence-corrected chi connectivity index (χ4v) is 9.12. The Labute approximate surface area is 303 Å². The van der Waals surface area contributed by atoms with Gasteiger partial charge >= 0.3 is 0 Å². The zero-order valence-electron chi connectivity index (χ0n) is 28.7. The molecule has 0 aliphatic heterocycles. The van der Waals surface area contributed by atoms with E-state index >= 15 is 0 Å². The van der Waals surface area contributed by atoms with Crippen LogP contribution < -0.4 is 4.90 Å². The van der Waals surface area contributed by atoms with Crippen LogP contribution >= 0.6 is 0 Å². The van der Waals surface area contributed by atoms with Crippen molar-refractivity contribution in [3.05, 3.63) is 215 Å². The molecule has 4 aliphatic rings. The summed E-state index contributed by atoms with van der Waals surface area (Å²) < 4.78 is 6.42. The molecule has 0 saturated heterocycles. The van der Waals surface area contributed by atoms with Crippen molar-refractivity contribution in [3.63, 3.8) is 0 Å². The van der Waals surface area contributed by atoms with E-state index in [0.717, 1.165) is 44.4 Å². The van der Waals surface area contributed by atoms with Gasteiger partial charge in [0.25, 0.3) is 0 Å².